The minimum Gasteiger partial charge on any atom is -0.381 e. The van der Waals surface area contributed by atoms with Gasteiger partial charge in [0.25, 0.3) is 16.0 Å². The Morgan fingerprint density at radius 1 is 1.13 bits per heavy atom. The molecule has 3 amide bonds. The lowest BCUT2D eigenvalue weighted by Crippen LogP contribution is -2.44. The molecule has 0 aliphatic carbocycles. The van der Waals surface area contributed by atoms with Gasteiger partial charge >= 0.3 is 6.03 Å². The summed E-state index contributed by atoms with van der Waals surface area (Å²) >= 11 is 0. The minimum absolute atomic E-state index is 0.113. The van der Waals surface area contributed by atoms with E-state index in [0.29, 0.717) is 31.7 Å². The second-order valence-electron chi connectivity index (χ2n) is 9.46. The Labute approximate surface area is 228 Å². The molecule has 1 aliphatic rings. The van der Waals surface area contributed by atoms with Gasteiger partial charge in [0.15, 0.2) is 5.65 Å². The van der Waals surface area contributed by atoms with Gasteiger partial charge in [-0.15, -0.1) is 0 Å². The maximum absolute atomic E-state index is 13.2. The van der Waals surface area contributed by atoms with Crippen molar-refractivity contribution < 1.29 is 22.6 Å². The number of amides is 3. The van der Waals surface area contributed by atoms with Gasteiger partial charge in [-0.1, -0.05) is 18.2 Å². The number of nitrogens with zero attached hydrogens (tertiary/aromatic N) is 4. The number of nitrogens with two attached hydrogens (primary N) is 1. The first-order valence-corrected chi connectivity index (χ1v) is 14.5. The summed E-state index contributed by atoms with van der Waals surface area (Å²) < 4.78 is 28.7. The highest BCUT2D eigenvalue weighted by atomic mass is 32.2. The summed E-state index contributed by atoms with van der Waals surface area (Å²) in [6.45, 7) is 9.80. The van der Waals surface area contributed by atoms with Crippen LogP contribution in [0.4, 0.5) is 10.5 Å². The highest BCUT2D eigenvalue weighted by Gasteiger charge is 2.25. The normalized spacial score (nSPS) is 14.0. The summed E-state index contributed by atoms with van der Waals surface area (Å²) in [6, 6.07) is 5.90. The van der Waals surface area contributed by atoms with E-state index in [1.54, 1.807) is 17.3 Å². The number of carbonyl (C=O) groups excluding carboxylic acids is 2. The monoisotopic (exact) mass is 559 g/mol. The standard InChI is InChI=1S/C24H31N7O2.C2H6O3S/c1-4-31-22-19(14-28-31)21(29-18-7-9-30(10-8-18)24(25)33)20(13-26-22)23(32)27-12-17-6-5-15(2)16(3)11-17;1-2-6(3,4)5/h5-6,11,13-14,18H,4,7-10,12H2,1-3H3,(H2,25,33)(H,26,29)(H,27,32);2H2,1H3,(H,3,4,5). The maximum Gasteiger partial charge on any atom is 0.314 e. The molecule has 39 heavy (non-hydrogen) atoms. The highest BCUT2D eigenvalue weighted by Crippen LogP contribution is 2.28. The van der Waals surface area contributed by atoms with E-state index in [2.05, 4.69) is 46.7 Å². The number of hydrogen-bond acceptors (Lipinski definition) is 7. The Bertz CT molecular complexity index is 1430. The molecule has 4 rings (SSSR count). The van der Waals surface area contributed by atoms with Crippen molar-refractivity contribution in [3.63, 3.8) is 0 Å². The van der Waals surface area contributed by atoms with Crippen LogP contribution in [0, 0.1) is 13.8 Å². The van der Waals surface area contributed by atoms with E-state index in [0.717, 1.165) is 35.1 Å². The third kappa shape index (κ3) is 7.90. The number of likely N-dealkylation sites (tertiary alicyclic amines) is 1. The number of rotatable bonds is 7. The van der Waals surface area contributed by atoms with Crippen LogP contribution < -0.4 is 16.4 Å². The molecule has 0 radical (unpaired) electrons. The molecular formula is C26H37N7O5S. The van der Waals surface area contributed by atoms with E-state index >= 15 is 0 Å². The number of aryl methyl sites for hydroxylation is 3. The Hall–Kier alpha value is -3.71. The lowest BCUT2D eigenvalue weighted by Gasteiger charge is -2.32. The second-order valence-corrected chi connectivity index (χ2v) is 11.2. The van der Waals surface area contributed by atoms with Crippen LogP contribution in [0.2, 0.25) is 0 Å². The first kappa shape index (κ1) is 29.8. The molecule has 1 aromatic carbocycles. The number of benzene rings is 1. The Balaban J connectivity index is 0.000000631. The van der Waals surface area contributed by atoms with Gasteiger partial charge in [0, 0.05) is 38.4 Å². The molecule has 1 saturated heterocycles. The predicted molar refractivity (Wildman–Crippen MR) is 150 cm³/mol. The summed E-state index contributed by atoms with van der Waals surface area (Å²) in [4.78, 5) is 30.8. The number of carbonyl (C=O) groups is 2. The van der Waals surface area contributed by atoms with Crippen molar-refractivity contribution in [2.24, 2.45) is 5.73 Å². The second kappa shape index (κ2) is 12.9. The molecule has 0 unspecified atom stereocenters. The first-order chi connectivity index (χ1) is 18.4. The molecule has 212 valence electrons. The SMILES string of the molecule is CCS(=O)(=O)O.CCn1ncc2c(NC3CCN(C(N)=O)CC3)c(C(=O)NCc3ccc(C)c(C)c3)cnc21. The van der Waals surface area contributed by atoms with Crippen LogP contribution in [-0.2, 0) is 23.2 Å². The number of primary amides is 1. The quantitative estimate of drug-likeness (QED) is 0.320. The van der Waals surface area contributed by atoms with Gasteiger partial charge in [-0.3, -0.25) is 9.35 Å². The fraction of sp³-hybridized carbons (Fsp3) is 0.462. The zero-order valence-corrected chi connectivity index (χ0v) is 23.6. The van der Waals surface area contributed by atoms with Gasteiger partial charge < -0.3 is 21.3 Å². The van der Waals surface area contributed by atoms with Crippen LogP contribution in [0.5, 0.6) is 0 Å². The molecule has 12 nitrogen and oxygen atoms in total. The number of fused-ring (bicyclic) bond motifs is 1. The third-order valence-corrected chi connectivity index (χ3v) is 7.48. The van der Waals surface area contributed by atoms with E-state index in [-0.39, 0.29) is 17.7 Å². The molecule has 1 fully saturated rings. The molecule has 0 atom stereocenters. The first-order valence-electron chi connectivity index (χ1n) is 12.9. The maximum atomic E-state index is 13.2. The van der Waals surface area contributed by atoms with E-state index in [9.17, 15) is 18.0 Å². The van der Waals surface area contributed by atoms with Crippen LogP contribution in [0.1, 0.15) is 53.7 Å². The molecule has 0 spiro atoms. The average Bonchev–Trinajstić information content (AvgIpc) is 3.33. The van der Waals surface area contributed by atoms with Crippen molar-refractivity contribution >= 4 is 38.8 Å². The van der Waals surface area contributed by atoms with Crippen LogP contribution in [0.3, 0.4) is 0 Å². The molecule has 13 heteroatoms. The topological polar surface area (TPSA) is 173 Å². The van der Waals surface area contributed by atoms with Crippen molar-refractivity contribution in [3.05, 3.63) is 52.8 Å². The highest BCUT2D eigenvalue weighted by molar-refractivity contribution is 7.85. The molecule has 0 saturated carbocycles. The Kier molecular flexibility index (Phi) is 9.86. The Morgan fingerprint density at radius 2 is 1.79 bits per heavy atom. The van der Waals surface area contributed by atoms with Crippen molar-refractivity contribution in [2.75, 3.05) is 24.2 Å². The fourth-order valence-corrected chi connectivity index (χ4v) is 4.23. The van der Waals surface area contributed by atoms with Gasteiger partial charge in [0.1, 0.15) is 0 Å². The lowest BCUT2D eigenvalue weighted by atomic mass is 10.0. The summed E-state index contributed by atoms with van der Waals surface area (Å²) in [6.07, 6.45) is 4.87. The van der Waals surface area contributed by atoms with Crippen molar-refractivity contribution in [1.29, 1.82) is 0 Å². The minimum atomic E-state index is -3.66. The molecule has 3 aromatic rings. The van der Waals surface area contributed by atoms with Gasteiger partial charge in [0.05, 0.1) is 28.6 Å². The Morgan fingerprint density at radius 3 is 2.36 bits per heavy atom. The zero-order chi connectivity index (χ0) is 28.7. The molecule has 5 N–H and O–H groups in total. The van der Waals surface area contributed by atoms with Gasteiger partial charge in [0.2, 0.25) is 0 Å². The van der Waals surface area contributed by atoms with Gasteiger partial charge in [-0.2, -0.15) is 13.5 Å². The van der Waals surface area contributed by atoms with Gasteiger partial charge in [-0.25, -0.2) is 14.5 Å². The van der Waals surface area contributed by atoms with E-state index in [1.165, 1.54) is 18.1 Å². The third-order valence-electron chi connectivity index (χ3n) is 6.75. The number of nitrogens with one attached hydrogen (secondary N) is 2. The zero-order valence-electron chi connectivity index (χ0n) is 22.8. The lowest BCUT2D eigenvalue weighted by molar-refractivity contribution is 0.0951. The van der Waals surface area contributed by atoms with Crippen LogP contribution in [0.15, 0.2) is 30.6 Å². The molecule has 2 aromatic heterocycles. The molecule has 0 bridgehead atoms. The van der Waals surface area contributed by atoms with E-state index < -0.39 is 16.1 Å². The van der Waals surface area contributed by atoms with E-state index in [1.807, 2.05) is 17.7 Å². The van der Waals surface area contributed by atoms with Crippen molar-refractivity contribution in [2.45, 2.75) is 59.7 Å². The van der Waals surface area contributed by atoms with Gasteiger partial charge in [-0.05, 0) is 57.2 Å². The predicted octanol–water partition coefficient (Wildman–Crippen LogP) is 2.85. The molecule has 1 aliphatic heterocycles. The molecule has 3 heterocycles. The average molecular weight is 560 g/mol. The summed E-state index contributed by atoms with van der Waals surface area (Å²) in [5.41, 5.74) is 10.8. The van der Waals surface area contributed by atoms with E-state index in [4.69, 9.17) is 10.3 Å². The number of pyridine rings is 1. The summed E-state index contributed by atoms with van der Waals surface area (Å²) in [7, 11) is -3.66. The van der Waals surface area contributed by atoms with Crippen LogP contribution >= 0.6 is 0 Å². The fourth-order valence-electron chi connectivity index (χ4n) is 4.23. The smallest absolute Gasteiger partial charge is 0.314 e. The largest absolute Gasteiger partial charge is 0.381 e. The van der Waals surface area contributed by atoms with Crippen LogP contribution in [-0.4, -0.2) is 69.5 Å². The number of anilines is 1. The number of urea groups is 1. The van der Waals surface area contributed by atoms with Crippen molar-refractivity contribution in [1.82, 2.24) is 25.0 Å². The summed E-state index contributed by atoms with van der Waals surface area (Å²) in [5.74, 6) is -0.392. The number of piperidine rings is 1. The number of hydrogen-bond donors (Lipinski definition) is 4. The molecular weight excluding hydrogens is 522 g/mol. The van der Waals surface area contributed by atoms with Crippen molar-refractivity contribution in [3.8, 4) is 0 Å². The number of aromatic nitrogens is 3. The summed E-state index contributed by atoms with van der Waals surface area (Å²) in [5, 5.41) is 11.8. The van der Waals surface area contributed by atoms with Crippen LogP contribution in [0.25, 0.3) is 11.0 Å².